The van der Waals surface area contributed by atoms with Crippen molar-refractivity contribution in [1.82, 2.24) is 4.98 Å². The van der Waals surface area contributed by atoms with E-state index >= 15 is 0 Å². The monoisotopic (exact) mass is 245 g/mol. The highest BCUT2D eigenvalue weighted by Gasteiger charge is 2.07. The van der Waals surface area contributed by atoms with Crippen molar-refractivity contribution in [2.75, 3.05) is 0 Å². The molecule has 0 saturated carbocycles. The third kappa shape index (κ3) is 2.27. The fourth-order valence-corrected chi connectivity index (χ4v) is 1.85. The molecule has 0 spiro atoms. The number of hydrogen-bond donors (Lipinski definition) is 0. The maximum absolute atomic E-state index is 5.77. The van der Waals surface area contributed by atoms with E-state index in [2.05, 4.69) is 10.9 Å². The Morgan fingerprint density at radius 2 is 1.63 bits per heavy atom. The summed E-state index contributed by atoms with van der Waals surface area (Å²) in [5.74, 6) is 3.95. The van der Waals surface area contributed by atoms with Gasteiger partial charge in [0.1, 0.15) is 0 Å². The lowest BCUT2D eigenvalue weighted by molar-refractivity contribution is 0.589. The Hall–Kier alpha value is -2.79. The van der Waals surface area contributed by atoms with Crippen LogP contribution in [0.2, 0.25) is 0 Å². The number of nitrogens with zero attached hydrogens (tertiary/aromatic N) is 1. The number of hydrogen-bond acceptors (Lipinski definition) is 2. The molecule has 0 unspecified atom stereocenters. The Morgan fingerprint density at radius 1 is 0.895 bits per heavy atom. The van der Waals surface area contributed by atoms with Gasteiger partial charge in [0.15, 0.2) is 5.76 Å². The van der Waals surface area contributed by atoms with Crippen LogP contribution in [0.25, 0.3) is 22.8 Å². The van der Waals surface area contributed by atoms with E-state index in [1.807, 2.05) is 54.6 Å². The van der Waals surface area contributed by atoms with Crippen molar-refractivity contribution in [1.29, 1.82) is 0 Å². The van der Waals surface area contributed by atoms with Crippen LogP contribution in [-0.4, -0.2) is 4.98 Å². The topological polar surface area (TPSA) is 26.0 Å². The van der Waals surface area contributed by atoms with E-state index in [1.165, 1.54) is 0 Å². The lowest BCUT2D eigenvalue weighted by atomic mass is 10.1. The van der Waals surface area contributed by atoms with Crippen LogP contribution in [0, 0.1) is 12.3 Å². The van der Waals surface area contributed by atoms with Crippen molar-refractivity contribution in [2.45, 2.75) is 0 Å². The first-order valence-electron chi connectivity index (χ1n) is 5.95. The standard InChI is InChI=1S/C17H11NO/c1-2-13-8-10-14(11-9-13)16-12-18-17(19-16)15-6-4-3-5-7-15/h1,3-12H. The highest BCUT2D eigenvalue weighted by molar-refractivity contribution is 5.61. The molecule has 0 aliphatic rings. The lowest BCUT2D eigenvalue weighted by Gasteiger charge is -1.97. The van der Waals surface area contributed by atoms with Crippen LogP contribution in [0.4, 0.5) is 0 Å². The molecule has 0 aliphatic carbocycles. The molecule has 0 fully saturated rings. The summed E-state index contributed by atoms with van der Waals surface area (Å²) in [5, 5.41) is 0. The van der Waals surface area contributed by atoms with Crippen molar-refractivity contribution in [3.8, 4) is 35.1 Å². The summed E-state index contributed by atoms with van der Waals surface area (Å²) < 4.78 is 5.77. The summed E-state index contributed by atoms with van der Waals surface area (Å²) in [6.07, 6.45) is 7.06. The van der Waals surface area contributed by atoms with Crippen LogP contribution in [0.1, 0.15) is 5.56 Å². The van der Waals surface area contributed by atoms with E-state index in [-0.39, 0.29) is 0 Å². The lowest BCUT2D eigenvalue weighted by Crippen LogP contribution is -1.76. The minimum atomic E-state index is 0.622. The van der Waals surface area contributed by atoms with E-state index in [0.717, 1.165) is 22.5 Å². The molecular weight excluding hydrogens is 234 g/mol. The molecule has 3 aromatic rings. The highest BCUT2D eigenvalue weighted by Crippen LogP contribution is 2.25. The minimum Gasteiger partial charge on any atom is -0.436 e. The second-order valence-electron chi connectivity index (χ2n) is 4.12. The molecule has 0 amide bonds. The van der Waals surface area contributed by atoms with E-state index in [4.69, 9.17) is 10.8 Å². The van der Waals surface area contributed by atoms with Crippen molar-refractivity contribution in [2.24, 2.45) is 0 Å². The van der Waals surface area contributed by atoms with Gasteiger partial charge in [0.2, 0.25) is 5.89 Å². The number of aromatic nitrogens is 1. The smallest absolute Gasteiger partial charge is 0.226 e. The predicted molar refractivity (Wildman–Crippen MR) is 75.3 cm³/mol. The number of benzene rings is 2. The molecule has 90 valence electrons. The summed E-state index contributed by atoms with van der Waals surface area (Å²) in [6, 6.07) is 17.5. The molecule has 0 saturated heterocycles. The van der Waals surface area contributed by atoms with Gasteiger partial charge in [-0.3, -0.25) is 0 Å². The van der Waals surface area contributed by atoms with Gasteiger partial charge in [0.05, 0.1) is 6.20 Å². The zero-order valence-corrected chi connectivity index (χ0v) is 10.2. The third-order valence-corrected chi connectivity index (χ3v) is 2.86. The Labute approximate surface area is 111 Å². The first kappa shape index (κ1) is 11.3. The average Bonchev–Trinajstić information content (AvgIpc) is 2.98. The second kappa shape index (κ2) is 4.83. The van der Waals surface area contributed by atoms with Crippen LogP contribution in [0.15, 0.2) is 65.2 Å². The van der Waals surface area contributed by atoms with Gasteiger partial charge in [0.25, 0.3) is 0 Å². The Bertz CT molecular complexity index is 718. The fourth-order valence-electron chi connectivity index (χ4n) is 1.85. The Morgan fingerprint density at radius 3 is 2.32 bits per heavy atom. The summed E-state index contributed by atoms with van der Waals surface area (Å²) in [4.78, 5) is 4.30. The van der Waals surface area contributed by atoms with Gasteiger partial charge in [-0.05, 0) is 36.4 Å². The molecule has 2 heteroatoms. The van der Waals surface area contributed by atoms with Crippen LogP contribution in [0.3, 0.4) is 0 Å². The maximum atomic E-state index is 5.77. The van der Waals surface area contributed by atoms with Crippen molar-refractivity contribution < 1.29 is 4.42 Å². The molecular formula is C17H11NO. The average molecular weight is 245 g/mol. The molecule has 0 bridgehead atoms. The number of terminal acetylenes is 1. The van der Waals surface area contributed by atoms with Gasteiger partial charge in [0, 0.05) is 16.7 Å². The molecule has 2 nitrogen and oxygen atoms in total. The fraction of sp³-hybridized carbons (Fsp3) is 0. The summed E-state index contributed by atoms with van der Waals surface area (Å²) >= 11 is 0. The summed E-state index contributed by atoms with van der Waals surface area (Å²) in [5.41, 5.74) is 2.79. The van der Waals surface area contributed by atoms with Gasteiger partial charge in [-0.2, -0.15) is 0 Å². The van der Waals surface area contributed by atoms with Crippen LogP contribution in [-0.2, 0) is 0 Å². The molecule has 0 radical (unpaired) electrons. The number of oxazole rings is 1. The molecule has 0 N–H and O–H groups in total. The third-order valence-electron chi connectivity index (χ3n) is 2.86. The predicted octanol–water partition coefficient (Wildman–Crippen LogP) is 3.99. The van der Waals surface area contributed by atoms with Crippen LogP contribution >= 0.6 is 0 Å². The Kier molecular flexibility index (Phi) is 2.88. The van der Waals surface area contributed by atoms with Gasteiger partial charge in [-0.1, -0.05) is 24.1 Å². The SMILES string of the molecule is C#Cc1ccc(-c2cnc(-c3ccccc3)o2)cc1. The van der Waals surface area contributed by atoms with E-state index in [9.17, 15) is 0 Å². The zero-order valence-electron chi connectivity index (χ0n) is 10.2. The number of rotatable bonds is 2. The van der Waals surface area contributed by atoms with Gasteiger partial charge in [-0.15, -0.1) is 6.42 Å². The Balaban J connectivity index is 1.95. The largest absolute Gasteiger partial charge is 0.436 e. The highest BCUT2D eigenvalue weighted by atomic mass is 16.4. The molecule has 0 atom stereocenters. The van der Waals surface area contributed by atoms with Crippen LogP contribution < -0.4 is 0 Å². The first-order chi connectivity index (χ1) is 9.36. The van der Waals surface area contributed by atoms with Crippen LogP contribution in [0.5, 0.6) is 0 Å². The molecule has 1 heterocycles. The quantitative estimate of drug-likeness (QED) is 0.638. The van der Waals surface area contributed by atoms with Crippen molar-refractivity contribution in [3.05, 3.63) is 66.4 Å². The molecule has 19 heavy (non-hydrogen) atoms. The normalized spacial score (nSPS) is 10.1. The maximum Gasteiger partial charge on any atom is 0.226 e. The summed E-state index contributed by atoms with van der Waals surface area (Å²) in [6.45, 7) is 0. The van der Waals surface area contributed by atoms with E-state index in [0.29, 0.717) is 5.89 Å². The summed E-state index contributed by atoms with van der Waals surface area (Å²) in [7, 11) is 0. The van der Waals surface area contributed by atoms with Crippen molar-refractivity contribution in [3.63, 3.8) is 0 Å². The van der Waals surface area contributed by atoms with E-state index in [1.54, 1.807) is 6.20 Å². The molecule has 0 aliphatic heterocycles. The van der Waals surface area contributed by atoms with Gasteiger partial charge in [-0.25, -0.2) is 4.98 Å². The van der Waals surface area contributed by atoms with E-state index < -0.39 is 0 Å². The van der Waals surface area contributed by atoms with Gasteiger partial charge < -0.3 is 4.42 Å². The first-order valence-corrected chi connectivity index (χ1v) is 5.95. The van der Waals surface area contributed by atoms with Crippen molar-refractivity contribution >= 4 is 0 Å². The molecule has 2 aromatic carbocycles. The van der Waals surface area contributed by atoms with Gasteiger partial charge >= 0.3 is 0 Å². The minimum absolute atomic E-state index is 0.622. The molecule has 3 rings (SSSR count). The second-order valence-corrected chi connectivity index (χ2v) is 4.12. The zero-order chi connectivity index (χ0) is 13.1. The molecule has 1 aromatic heterocycles.